The van der Waals surface area contributed by atoms with Crippen LogP contribution in [-0.2, 0) is 47.4 Å². The lowest BCUT2D eigenvalue weighted by Crippen LogP contribution is -2.61. The molecule has 52 heavy (non-hydrogen) atoms. The Balaban J connectivity index is 0.994. The van der Waals surface area contributed by atoms with E-state index in [-0.39, 0.29) is 122 Å². The minimum absolute atomic E-state index is 0.0537. The molecule has 290 valence electrons. The Morgan fingerprint density at radius 3 is 2.37 bits per heavy atom. The van der Waals surface area contributed by atoms with Gasteiger partial charge >= 0.3 is 0 Å². The van der Waals surface area contributed by atoms with E-state index < -0.39 is 18.0 Å². The standard InChI is InChI=1S/C40H59NO11/c1-19-11-24-5-6-25-12-20(2)28(45-25)9-10-40-17-33-36(51-40)37-38(50-33)39(52-40)35-29(49-37)8-7-26(47-35)13-22(42)14-27-31(16-30(46-24)21(19)3)48-32(34(27)44-4)15-23(43)18-41/h19,23-39,43H,2-3,5-18,41H2,1,4H3/t19-,23+,24+,25+,26-,27+,28+,29+,30-,31+,32-,33-,34-,35+,36+,37+,38-,39+,40+/m1/s1. The molecule has 0 amide bonds. The maximum absolute atomic E-state index is 14.1. The number of hydrogen-bond donors (Lipinski definition) is 2. The number of carbonyl (C=O) groups is 1. The van der Waals surface area contributed by atoms with Crippen molar-refractivity contribution >= 4 is 5.78 Å². The normalized spacial score (nSPS) is 52.4. The predicted octanol–water partition coefficient (Wildman–Crippen LogP) is 3.44. The van der Waals surface area contributed by atoms with Crippen molar-refractivity contribution in [2.24, 2.45) is 17.6 Å². The van der Waals surface area contributed by atoms with Crippen LogP contribution in [0.15, 0.2) is 24.3 Å². The van der Waals surface area contributed by atoms with Gasteiger partial charge in [-0.25, -0.2) is 0 Å². The number of Topliss-reactive ketones (excluding diaryl/α,β-unsaturated/α-hetero) is 1. The molecular weight excluding hydrogens is 670 g/mol. The van der Waals surface area contributed by atoms with Crippen LogP contribution in [-0.4, -0.2) is 128 Å². The van der Waals surface area contributed by atoms with Crippen molar-refractivity contribution in [1.29, 1.82) is 0 Å². The largest absolute Gasteiger partial charge is 0.392 e. The third-order valence-electron chi connectivity index (χ3n) is 14.0. The first-order valence-corrected chi connectivity index (χ1v) is 20.2. The molecule has 12 nitrogen and oxygen atoms in total. The van der Waals surface area contributed by atoms with Gasteiger partial charge in [-0.15, -0.1) is 0 Å². The summed E-state index contributed by atoms with van der Waals surface area (Å²) in [7, 11) is 1.66. The number of aliphatic hydroxyl groups excluding tert-OH is 1. The van der Waals surface area contributed by atoms with E-state index in [1.165, 1.54) is 0 Å². The van der Waals surface area contributed by atoms with Crippen molar-refractivity contribution in [3.8, 4) is 0 Å². The molecule has 10 rings (SSSR count). The lowest BCUT2D eigenvalue weighted by Gasteiger charge is -2.47. The highest BCUT2D eigenvalue weighted by Crippen LogP contribution is 2.54. The van der Waals surface area contributed by atoms with E-state index in [4.69, 9.17) is 48.4 Å². The van der Waals surface area contributed by atoms with Crippen LogP contribution < -0.4 is 5.73 Å². The first-order chi connectivity index (χ1) is 25.1. The molecule has 0 saturated carbocycles. The van der Waals surface area contributed by atoms with Crippen LogP contribution in [0.25, 0.3) is 0 Å². The zero-order valence-electron chi connectivity index (χ0n) is 30.8. The van der Waals surface area contributed by atoms with Gasteiger partial charge in [-0.3, -0.25) is 4.79 Å². The molecule has 0 aromatic heterocycles. The van der Waals surface area contributed by atoms with Crippen molar-refractivity contribution in [2.45, 2.75) is 194 Å². The van der Waals surface area contributed by atoms with Gasteiger partial charge < -0.3 is 53.5 Å². The average Bonchev–Trinajstić information content (AvgIpc) is 3.79. The highest BCUT2D eigenvalue weighted by atomic mass is 16.8. The third kappa shape index (κ3) is 6.59. The number of ether oxygens (including phenoxy) is 9. The van der Waals surface area contributed by atoms with Gasteiger partial charge in [0.2, 0.25) is 0 Å². The van der Waals surface area contributed by atoms with Crippen LogP contribution in [0.3, 0.4) is 0 Å². The summed E-state index contributed by atoms with van der Waals surface area (Å²) in [5.41, 5.74) is 8.00. The molecular formula is C40H59NO11. The molecule has 10 heterocycles. The maximum Gasteiger partial charge on any atom is 0.172 e. The number of ketones is 1. The van der Waals surface area contributed by atoms with E-state index in [9.17, 15) is 9.90 Å². The Kier molecular flexibility index (Phi) is 10.0. The summed E-state index contributed by atoms with van der Waals surface area (Å²) in [4.78, 5) is 14.1. The van der Waals surface area contributed by atoms with Gasteiger partial charge in [-0.2, -0.15) is 0 Å². The molecule has 0 aromatic carbocycles. The summed E-state index contributed by atoms with van der Waals surface area (Å²) in [6.45, 7) is 11.3. The summed E-state index contributed by atoms with van der Waals surface area (Å²) in [6, 6.07) is 0. The number of aliphatic hydroxyl groups is 1. The topological polar surface area (TPSA) is 146 Å². The maximum atomic E-state index is 14.1. The van der Waals surface area contributed by atoms with E-state index in [0.717, 1.165) is 56.1 Å². The Morgan fingerprint density at radius 1 is 0.808 bits per heavy atom. The summed E-state index contributed by atoms with van der Waals surface area (Å²) < 4.78 is 60.0. The fourth-order valence-corrected chi connectivity index (χ4v) is 11.3. The molecule has 10 aliphatic rings. The smallest absolute Gasteiger partial charge is 0.172 e. The first kappa shape index (κ1) is 36.4. The van der Waals surface area contributed by atoms with Crippen LogP contribution in [0, 0.1) is 11.8 Å². The van der Waals surface area contributed by atoms with Gasteiger partial charge in [0.1, 0.15) is 36.3 Å². The number of fused-ring (bicyclic) bond motifs is 6. The zero-order valence-corrected chi connectivity index (χ0v) is 30.8. The second-order valence-corrected chi connectivity index (χ2v) is 17.4. The monoisotopic (exact) mass is 729 g/mol. The van der Waals surface area contributed by atoms with Crippen LogP contribution in [0.2, 0.25) is 0 Å². The molecule has 12 heteroatoms. The SMILES string of the molecule is C=C1C[C@@H]2CC[C@H]3C[C@@H](C)C(=C)[C@@H](C[C@@H]4O[C@H](C[C@H](O)CN)[C@H](OC)[C@H]4CC(=O)C[C@H]4CC[C@@H]5O[C@@H]6[C@H]7O[C@@H]8C[C@](CC[C@@H]1O2)(O[C@H]7[C@H]5O4)O[C@H]68)O3. The fraction of sp³-hybridized carbons (Fsp3) is 0.875. The zero-order chi connectivity index (χ0) is 35.9. The number of methoxy groups -OCH3 is 1. The second-order valence-electron chi connectivity index (χ2n) is 17.4. The molecule has 10 saturated heterocycles. The molecule has 10 fully saturated rings. The van der Waals surface area contributed by atoms with Crippen molar-refractivity contribution in [1.82, 2.24) is 0 Å². The summed E-state index contributed by atoms with van der Waals surface area (Å²) in [5.74, 6) is -0.626. The van der Waals surface area contributed by atoms with Crippen molar-refractivity contribution in [3.05, 3.63) is 24.3 Å². The molecule has 0 radical (unpaired) electrons. The summed E-state index contributed by atoms with van der Waals surface area (Å²) >= 11 is 0. The van der Waals surface area contributed by atoms with Crippen molar-refractivity contribution < 1.29 is 52.5 Å². The number of rotatable bonds is 4. The van der Waals surface area contributed by atoms with E-state index in [1.54, 1.807) is 7.11 Å². The van der Waals surface area contributed by atoms with Gasteiger partial charge in [0, 0.05) is 58.1 Å². The minimum atomic E-state index is -0.795. The van der Waals surface area contributed by atoms with E-state index in [1.807, 2.05) is 0 Å². The molecule has 10 aliphatic heterocycles. The lowest BCUT2D eigenvalue weighted by atomic mass is 9.81. The Morgan fingerprint density at radius 2 is 1.54 bits per heavy atom. The predicted molar refractivity (Wildman–Crippen MR) is 186 cm³/mol. The molecule has 3 N–H and O–H groups in total. The molecule has 0 aromatic rings. The van der Waals surface area contributed by atoms with Gasteiger partial charge in [0.05, 0.1) is 67.1 Å². The van der Waals surface area contributed by atoms with E-state index in [2.05, 4.69) is 20.1 Å². The number of nitrogens with two attached hydrogens (primary N) is 1. The van der Waals surface area contributed by atoms with Crippen LogP contribution >= 0.6 is 0 Å². The summed E-state index contributed by atoms with van der Waals surface area (Å²) in [5, 5.41) is 10.5. The molecule has 19 atom stereocenters. The molecule has 12 bridgehead atoms. The van der Waals surface area contributed by atoms with Crippen LogP contribution in [0.1, 0.15) is 90.4 Å². The first-order valence-electron chi connectivity index (χ1n) is 20.2. The van der Waals surface area contributed by atoms with Crippen LogP contribution in [0.4, 0.5) is 0 Å². The van der Waals surface area contributed by atoms with E-state index in [0.29, 0.717) is 25.7 Å². The van der Waals surface area contributed by atoms with E-state index >= 15 is 0 Å². The third-order valence-corrected chi connectivity index (χ3v) is 14.0. The summed E-state index contributed by atoms with van der Waals surface area (Å²) in [6.07, 6.45) is 4.86. The van der Waals surface area contributed by atoms with Gasteiger partial charge in [-0.05, 0) is 62.0 Å². The molecule has 0 aliphatic carbocycles. The molecule has 1 spiro atoms. The van der Waals surface area contributed by atoms with Gasteiger partial charge in [0.15, 0.2) is 5.79 Å². The van der Waals surface area contributed by atoms with Crippen LogP contribution in [0.5, 0.6) is 0 Å². The lowest BCUT2D eigenvalue weighted by molar-refractivity contribution is -0.292. The highest BCUT2D eigenvalue weighted by molar-refractivity contribution is 5.79. The van der Waals surface area contributed by atoms with Crippen molar-refractivity contribution in [3.63, 3.8) is 0 Å². The molecule has 0 unspecified atom stereocenters. The van der Waals surface area contributed by atoms with Gasteiger partial charge in [0.25, 0.3) is 0 Å². The highest BCUT2D eigenvalue weighted by Gasteiger charge is 2.68. The Bertz CT molecular complexity index is 1380. The Labute approximate surface area is 307 Å². The minimum Gasteiger partial charge on any atom is -0.392 e. The average molecular weight is 730 g/mol. The Hall–Kier alpha value is -1.29. The fourth-order valence-electron chi connectivity index (χ4n) is 11.3. The number of hydrogen-bond acceptors (Lipinski definition) is 12. The quantitative estimate of drug-likeness (QED) is 0.409. The van der Waals surface area contributed by atoms with Crippen molar-refractivity contribution in [2.75, 3.05) is 13.7 Å². The second kappa shape index (κ2) is 14.3. The van der Waals surface area contributed by atoms with Gasteiger partial charge in [-0.1, -0.05) is 20.1 Å². The number of carbonyl (C=O) groups excluding carboxylic acids is 1.